The number of nitrogens with zero attached hydrogens (tertiary/aromatic N) is 2. The Labute approximate surface area is 57.4 Å². The fourth-order valence-electron chi connectivity index (χ4n) is 0.649. The summed E-state index contributed by atoms with van der Waals surface area (Å²) in [4.78, 5) is 0. The van der Waals surface area contributed by atoms with Crippen LogP contribution in [0.4, 0.5) is 0 Å². The molecule has 0 aromatic rings. The van der Waals surface area contributed by atoms with Gasteiger partial charge in [0.25, 0.3) is 0 Å². The van der Waals surface area contributed by atoms with Crippen molar-refractivity contribution >= 4 is 0 Å². The molecule has 0 spiro atoms. The van der Waals surface area contributed by atoms with Gasteiger partial charge in [-0.05, 0) is 19.8 Å². The van der Waals surface area contributed by atoms with E-state index in [0.717, 1.165) is 19.4 Å². The first-order valence-corrected chi connectivity index (χ1v) is 3.71. The van der Waals surface area contributed by atoms with E-state index < -0.39 is 0 Å². The highest BCUT2D eigenvalue weighted by Crippen LogP contribution is 2.01. The molecule has 9 heavy (non-hydrogen) atoms. The molecule has 0 fully saturated rings. The zero-order chi connectivity index (χ0) is 7.11. The molecule has 0 aliphatic carbocycles. The van der Waals surface area contributed by atoms with Crippen LogP contribution >= 0.6 is 0 Å². The van der Waals surface area contributed by atoms with E-state index in [4.69, 9.17) is 0 Å². The molecule has 0 unspecified atom stereocenters. The molecule has 0 aromatic carbocycles. The lowest BCUT2D eigenvalue weighted by Gasteiger charge is -2.01. The van der Waals surface area contributed by atoms with Crippen molar-refractivity contribution in [1.29, 1.82) is 0 Å². The lowest BCUT2D eigenvalue weighted by Crippen LogP contribution is -1.97. The summed E-state index contributed by atoms with van der Waals surface area (Å²) in [5, 5.41) is 8.04. The molecule has 0 bridgehead atoms. The van der Waals surface area contributed by atoms with Crippen molar-refractivity contribution in [2.75, 3.05) is 6.54 Å². The minimum absolute atomic E-state index is 0.463. The van der Waals surface area contributed by atoms with Crippen molar-refractivity contribution in [2.45, 2.75) is 39.7 Å². The molecular formula is C7H16N2. The summed E-state index contributed by atoms with van der Waals surface area (Å²) >= 11 is 0. The molecule has 0 amide bonds. The molecule has 2 nitrogen and oxygen atoms in total. The van der Waals surface area contributed by atoms with Gasteiger partial charge in [0, 0.05) is 0 Å². The third-order valence-corrected chi connectivity index (χ3v) is 1.33. The van der Waals surface area contributed by atoms with Crippen molar-refractivity contribution in [3.05, 3.63) is 0 Å². The van der Waals surface area contributed by atoms with Gasteiger partial charge in [0.1, 0.15) is 0 Å². The Morgan fingerprint density at radius 3 is 2.00 bits per heavy atom. The zero-order valence-corrected chi connectivity index (χ0v) is 6.59. The second-order valence-electron chi connectivity index (χ2n) is 2.04. The summed E-state index contributed by atoms with van der Waals surface area (Å²) in [6.07, 6.45) is 2.22. The van der Waals surface area contributed by atoms with Crippen molar-refractivity contribution < 1.29 is 0 Å². The van der Waals surface area contributed by atoms with Crippen LogP contribution in [0.5, 0.6) is 0 Å². The Balaban J connectivity index is 3.41. The van der Waals surface area contributed by atoms with Gasteiger partial charge < -0.3 is 0 Å². The van der Waals surface area contributed by atoms with Crippen LogP contribution in [0.1, 0.15) is 33.6 Å². The smallest absolute Gasteiger partial charge is 0.0703 e. The molecule has 0 aliphatic rings. The van der Waals surface area contributed by atoms with Gasteiger partial charge in [0.2, 0.25) is 0 Å². The Morgan fingerprint density at radius 1 is 1.11 bits per heavy atom. The average Bonchev–Trinajstić information content (AvgIpc) is 1.91. The van der Waals surface area contributed by atoms with Crippen molar-refractivity contribution in [3.63, 3.8) is 0 Å². The van der Waals surface area contributed by atoms with E-state index >= 15 is 0 Å². The number of hydrogen-bond acceptors (Lipinski definition) is 2. The standard InChI is InChI=1S/C7H16N2/c1-4-7(5-2)9-8-6-3/h7H,4-6H2,1-3H3. The van der Waals surface area contributed by atoms with Gasteiger partial charge in [-0.3, -0.25) is 0 Å². The maximum absolute atomic E-state index is 4.10. The largest absolute Gasteiger partial charge is 0.194 e. The Hall–Kier alpha value is -0.400. The summed E-state index contributed by atoms with van der Waals surface area (Å²) in [6, 6.07) is 0.463. The van der Waals surface area contributed by atoms with E-state index in [1.165, 1.54) is 0 Å². The SMILES string of the molecule is CCN=NC(CC)CC. The fraction of sp³-hybridized carbons (Fsp3) is 1.00. The highest BCUT2D eigenvalue weighted by atomic mass is 15.1. The van der Waals surface area contributed by atoms with Crippen LogP contribution in [-0.4, -0.2) is 12.6 Å². The Morgan fingerprint density at radius 2 is 1.67 bits per heavy atom. The van der Waals surface area contributed by atoms with E-state index in [0.29, 0.717) is 6.04 Å². The van der Waals surface area contributed by atoms with Crippen LogP contribution in [0.2, 0.25) is 0 Å². The minimum Gasteiger partial charge on any atom is -0.194 e. The van der Waals surface area contributed by atoms with Gasteiger partial charge in [-0.15, -0.1) is 0 Å². The third-order valence-electron chi connectivity index (χ3n) is 1.33. The molecule has 2 heteroatoms. The number of rotatable bonds is 4. The first kappa shape index (κ1) is 8.60. The Bertz CT molecular complexity index is 75.0. The van der Waals surface area contributed by atoms with Crippen molar-refractivity contribution in [1.82, 2.24) is 0 Å². The van der Waals surface area contributed by atoms with Gasteiger partial charge >= 0.3 is 0 Å². The van der Waals surface area contributed by atoms with Crippen molar-refractivity contribution in [2.24, 2.45) is 10.2 Å². The average molecular weight is 128 g/mol. The third kappa shape index (κ3) is 4.13. The topological polar surface area (TPSA) is 24.7 Å². The fourth-order valence-corrected chi connectivity index (χ4v) is 0.649. The summed E-state index contributed by atoms with van der Waals surface area (Å²) in [6.45, 7) is 7.11. The summed E-state index contributed by atoms with van der Waals surface area (Å²) in [5.41, 5.74) is 0. The predicted molar refractivity (Wildman–Crippen MR) is 39.8 cm³/mol. The maximum atomic E-state index is 4.10. The van der Waals surface area contributed by atoms with Crippen LogP contribution < -0.4 is 0 Å². The van der Waals surface area contributed by atoms with E-state index in [-0.39, 0.29) is 0 Å². The second kappa shape index (κ2) is 5.73. The molecule has 0 N–H and O–H groups in total. The van der Waals surface area contributed by atoms with E-state index in [9.17, 15) is 0 Å². The van der Waals surface area contributed by atoms with E-state index in [2.05, 4.69) is 24.1 Å². The van der Waals surface area contributed by atoms with Crippen molar-refractivity contribution in [3.8, 4) is 0 Å². The van der Waals surface area contributed by atoms with E-state index in [1.54, 1.807) is 0 Å². The van der Waals surface area contributed by atoms with Crippen LogP contribution in [0.25, 0.3) is 0 Å². The van der Waals surface area contributed by atoms with Crippen LogP contribution in [-0.2, 0) is 0 Å². The van der Waals surface area contributed by atoms with Gasteiger partial charge in [0.15, 0.2) is 0 Å². The van der Waals surface area contributed by atoms with Gasteiger partial charge in [-0.1, -0.05) is 13.8 Å². The van der Waals surface area contributed by atoms with Crippen LogP contribution in [0, 0.1) is 0 Å². The molecule has 54 valence electrons. The normalized spacial score (nSPS) is 11.6. The van der Waals surface area contributed by atoms with E-state index in [1.807, 2.05) is 6.92 Å². The first-order chi connectivity index (χ1) is 4.35. The molecular weight excluding hydrogens is 112 g/mol. The molecule has 0 rings (SSSR count). The molecule has 0 aliphatic heterocycles. The number of azo groups is 1. The Kier molecular flexibility index (Phi) is 5.48. The predicted octanol–water partition coefficient (Wildman–Crippen LogP) is 2.65. The van der Waals surface area contributed by atoms with Gasteiger partial charge in [0.05, 0.1) is 12.6 Å². The highest BCUT2D eigenvalue weighted by molar-refractivity contribution is 4.57. The molecule has 0 atom stereocenters. The van der Waals surface area contributed by atoms with Crippen LogP contribution in [0.3, 0.4) is 0 Å². The molecule has 0 saturated carbocycles. The summed E-state index contributed by atoms with van der Waals surface area (Å²) in [5.74, 6) is 0. The van der Waals surface area contributed by atoms with Gasteiger partial charge in [-0.25, -0.2) is 0 Å². The lowest BCUT2D eigenvalue weighted by molar-refractivity contribution is 0.592. The molecule has 0 saturated heterocycles. The quantitative estimate of drug-likeness (QED) is 0.520. The van der Waals surface area contributed by atoms with Gasteiger partial charge in [-0.2, -0.15) is 10.2 Å². The maximum Gasteiger partial charge on any atom is 0.0703 e. The monoisotopic (exact) mass is 128 g/mol. The second-order valence-corrected chi connectivity index (χ2v) is 2.04. The molecule has 0 heterocycles. The summed E-state index contributed by atoms with van der Waals surface area (Å²) in [7, 11) is 0. The molecule has 0 radical (unpaired) electrons. The van der Waals surface area contributed by atoms with Crippen LogP contribution in [0.15, 0.2) is 10.2 Å². The highest BCUT2D eigenvalue weighted by Gasteiger charge is 1.96. The molecule has 0 aromatic heterocycles. The summed E-state index contributed by atoms with van der Waals surface area (Å²) < 4.78 is 0. The minimum atomic E-state index is 0.463. The first-order valence-electron chi connectivity index (χ1n) is 3.71. The number of hydrogen-bond donors (Lipinski definition) is 0. The zero-order valence-electron chi connectivity index (χ0n) is 6.59. The lowest BCUT2D eigenvalue weighted by atomic mass is 10.2.